The minimum atomic E-state index is 0.404. The summed E-state index contributed by atoms with van der Waals surface area (Å²) in [6.45, 7) is 2.70. The van der Waals surface area contributed by atoms with Crippen LogP contribution in [-0.2, 0) is 6.54 Å². The third-order valence-electron chi connectivity index (χ3n) is 5.02. The molecule has 0 radical (unpaired) electrons. The van der Waals surface area contributed by atoms with Gasteiger partial charge in [0.2, 0.25) is 5.89 Å². The molecule has 3 aromatic heterocycles. The largest absolute Gasteiger partial charge is 0.338 e. The Kier molecular flexibility index (Phi) is 3.29. The molecule has 2 fully saturated rings. The molecule has 24 heavy (non-hydrogen) atoms. The summed E-state index contributed by atoms with van der Waals surface area (Å²) in [6.07, 6.45) is 6.05. The van der Waals surface area contributed by atoms with Crippen LogP contribution in [0.2, 0.25) is 0 Å². The molecule has 0 aromatic carbocycles. The molecule has 0 amide bonds. The summed E-state index contributed by atoms with van der Waals surface area (Å²) in [6, 6.07) is 4.14. The van der Waals surface area contributed by atoms with Crippen molar-refractivity contribution in [3.63, 3.8) is 0 Å². The van der Waals surface area contributed by atoms with Gasteiger partial charge in [0.1, 0.15) is 0 Å². The molecule has 2 aliphatic rings. The van der Waals surface area contributed by atoms with E-state index in [0.29, 0.717) is 17.7 Å². The minimum Gasteiger partial charge on any atom is -0.338 e. The predicted octanol–water partition coefficient (Wildman–Crippen LogP) is 1.76. The first-order valence-corrected chi connectivity index (χ1v) is 8.57. The maximum Gasteiger partial charge on any atom is 0.240 e. The van der Waals surface area contributed by atoms with Gasteiger partial charge in [-0.2, -0.15) is 14.6 Å². The highest BCUT2D eigenvalue weighted by atomic mass is 16.5. The molecule has 0 unspecified atom stereocenters. The quantitative estimate of drug-likeness (QED) is 0.722. The average Bonchev–Trinajstić information content (AvgIpc) is 3.18. The smallest absolute Gasteiger partial charge is 0.240 e. The van der Waals surface area contributed by atoms with Gasteiger partial charge in [0, 0.05) is 11.8 Å². The van der Waals surface area contributed by atoms with Crippen LogP contribution in [0.5, 0.6) is 0 Å². The lowest BCUT2D eigenvalue weighted by Crippen LogP contribution is -2.33. The normalized spacial score (nSPS) is 20.0. The monoisotopic (exact) mass is 325 g/mol. The number of fused-ring (bicyclic) bond motifs is 1. The van der Waals surface area contributed by atoms with Gasteiger partial charge < -0.3 is 4.52 Å². The van der Waals surface area contributed by atoms with Gasteiger partial charge >= 0.3 is 0 Å². The molecule has 1 saturated carbocycles. The summed E-state index contributed by atoms with van der Waals surface area (Å²) in [5.41, 5.74) is 2.03. The first-order chi connectivity index (χ1) is 11.9. The molecule has 1 aliphatic carbocycles. The molecule has 0 atom stereocenters. The molecule has 0 bridgehead atoms. The van der Waals surface area contributed by atoms with Crippen molar-refractivity contribution in [3.05, 3.63) is 35.9 Å². The highest BCUT2D eigenvalue weighted by molar-refractivity contribution is 5.38. The SMILES string of the molecule is c1noc(CN2CCC(c3nnc4ccc(C5CC5)nn34)CC2)n1. The summed E-state index contributed by atoms with van der Waals surface area (Å²) >= 11 is 0. The summed E-state index contributed by atoms with van der Waals surface area (Å²) < 4.78 is 7.06. The molecule has 5 rings (SSSR count). The lowest BCUT2D eigenvalue weighted by Gasteiger charge is -2.29. The van der Waals surface area contributed by atoms with Gasteiger partial charge in [0.25, 0.3) is 0 Å². The van der Waals surface area contributed by atoms with E-state index < -0.39 is 0 Å². The zero-order valence-corrected chi connectivity index (χ0v) is 13.4. The van der Waals surface area contributed by atoms with Gasteiger partial charge in [0.15, 0.2) is 17.8 Å². The number of nitrogens with zero attached hydrogens (tertiary/aromatic N) is 7. The van der Waals surface area contributed by atoms with Crippen molar-refractivity contribution in [2.45, 2.75) is 44.1 Å². The van der Waals surface area contributed by atoms with Gasteiger partial charge in [-0.3, -0.25) is 4.90 Å². The lowest BCUT2D eigenvalue weighted by molar-refractivity contribution is 0.178. The van der Waals surface area contributed by atoms with Crippen molar-refractivity contribution in [2.24, 2.45) is 0 Å². The van der Waals surface area contributed by atoms with Crippen LogP contribution in [0.1, 0.15) is 54.9 Å². The van der Waals surface area contributed by atoms with Crippen LogP contribution in [0.4, 0.5) is 0 Å². The van der Waals surface area contributed by atoms with Crippen LogP contribution in [0.15, 0.2) is 23.0 Å². The fourth-order valence-electron chi connectivity index (χ4n) is 3.48. The van der Waals surface area contributed by atoms with Crippen LogP contribution in [0.25, 0.3) is 5.65 Å². The molecule has 1 saturated heterocycles. The Hall–Kier alpha value is -2.35. The second-order valence-corrected chi connectivity index (χ2v) is 6.75. The Morgan fingerprint density at radius 1 is 1.04 bits per heavy atom. The van der Waals surface area contributed by atoms with Gasteiger partial charge in [-0.1, -0.05) is 5.16 Å². The first-order valence-electron chi connectivity index (χ1n) is 8.57. The number of aromatic nitrogens is 6. The molecule has 3 aromatic rings. The zero-order chi connectivity index (χ0) is 15.9. The average molecular weight is 325 g/mol. The predicted molar refractivity (Wildman–Crippen MR) is 84.3 cm³/mol. The third-order valence-corrected chi connectivity index (χ3v) is 5.02. The van der Waals surface area contributed by atoms with E-state index in [1.165, 1.54) is 24.9 Å². The number of rotatable bonds is 4. The lowest BCUT2D eigenvalue weighted by atomic mass is 9.96. The maximum absolute atomic E-state index is 5.10. The maximum atomic E-state index is 5.10. The second kappa shape index (κ2) is 5.62. The van der Waals surface area contributed by atoms with Gasteiger partial charge in [0.05, 0.1) is 12.2 Å². The van der Waals surface area contributed by atoms with E-state index in [9.17, 15) is 0 Å². The molecule has 4 heterocycles. The standard InChI is InChI=1S/C16H19N7O/c1-2-11(1)13-3-4-14-19-20-16(23(14)21-13)12-5-7-22(8-6-12)9-15-17-10-18-24-15/h3-4,10-12H,1-2,5-9H2. The topological polar surface area (TPSA) is 85.2 Å². The van der Waals surface area contributed by atoms with Crippen LogP contribution in [0, 0.1) is 0 Å². The van der Waals surface area contributed by atoms with E-state index in [2.05, 4.69) is 31.3 Å². The highest BCUT2D eigenvalue weighted by Crippen LogP contribution is 2.39. The van der Waals surface area contributed by atoms with E-state index in [1.54, 1.807) is 0 Å². The number of likely N-dealkylation sites (tertiary alicyclic amines) is 1. The number of hydrogen-bond donors (Lipinski definition) is 0. The molecule has 124 valence electrons. The fraction of sp³-hybridized carbons (Fsp3) is 0.562. The first kappa shape index (κ1) is 14.0. The van der Waals surface area contributed by atoms with E-state index in [4.69, 9.17) is 9.62 Å². The molecule has 8 nitrogen and oxygen atoms in total. The van der Waals surface area contributed by atoms with Crippen molar-refractivity contribution < 1.29 is 4.52 Å². The molecular formula is C16H19N7O. The summed E-state index contributed by atoms with van der Waals surface area (Å²) in [7, 11) is 0. The van der Waals surface area contributed by atoms with Crippen LogP contribution in [0.3, 0.4) is 0 Å². The molecular weight excluding hydrogens is 306 g/mol. The van der Waals surface area contributed by atoms with Crippen molar-refractivity contribution in [1.29, 1.82) is 0 Å². The Bertz CT molecular complexity index is 831. The molecule has 8 heteroatoms. The Labute approximate surface area is 138 Å². The van der Waals surface area contributed by atoms with Gasteiger partial charge in [-0.25, -0.2) is 0 Å². The summed E-state index contributed by atoms with van der Waals surface area (Å²) in [5.74, 6) is 2.73. The molecule has 0 spiro atoms. The third kappa shape index (κ3) is 2.56. The fourth-order valence-corrected chi connectivity index (χ4v) is 3.48. The highest BCUT2D eigenvalue weighted by Gasteiger charge is 2.28. The Morgan fingerprint density at radius 3 is 2.67 bits per heavy atom. The van der Waals surface area contributed by atoms with Crippen LogP contribution in [-0.4, -0.2) is 47.9 Å². The Morgan fingerprint density at radius 2 is 1.92 bits per heavy atom. The summed E-state index contributed by atoms with van der Waals surface area (Å²) in [5, 5.41) is 17.2. The Balaban J connectivity index is 1.32. The zero-order valence-electron chi connectivity index (χ0n) is 13.4. The van der Waals surface area contributed by atoms with E-state index in [-0.39, 0.29) is 0 Å². The van der Waals surface area contributed by atoms with Gasteiger partial charge in [-0.15, -0.1) is 10.2 Å². The minimum absolute atomic E-state index is 0.404. The van der Waals surface area contributed by atoms with E-state index in [1.807, 2.05) is 10.6 Å². The summed E-state index contributed by atoms with van der Waals surface area (Å²) in [4.78, 5) is 6.44. The van der Waals surface area contributed by atoms with Crippen molar-refractivity contribution in [1.82, 2.24) is 34.9 Å². The number of piperidine rings is 1. The van der Waals surface area contributed by atoms with Crippen LogP contribution >= 0.6 is 0 Å². The van der Waals surface area contributed by atoms with Crippen LogP contribution < -0.4 is 0 Å². The second-order valence-electron chi connectivity index (χ2n) is 6.75. The van der Waals surface area contributed by atoms with E-state index in [0.717, 1.165) is 43.9 Å². The van der Waals surface area contributed by atoms with E-state index >= 15 is 0 Å². The van der Waals surface area contributed by atoms with Gasteiger partial charge in [-0.05, 0) is 50.9 Å². The van der Waals surface area contributed by atoms with Crippen molar-refractivity contribution in [3.8, 4) is 0 Å². The van der Waals surface area contributed by atoms with Crippen molar-refractivity contribution in [2.75, 3.05) is 13.1 Å². The molecule has 1 aliphatic heterocycles. The molecule has 0 N–H and O–H groups in total. The van der Waals surface area contributed by atoms with Crippen molar-refractivity contribution >= 4 is 5.65 Å². The number of hydrogen-bond acceptors (Lipinski definition) is 7.